The molecule has 2 aromatic carbocycles. The zero-order valence-corrected chi connectivity index (χ0v) is 16.1. The molecule has 0 radical (unpaired) electrons. The van der Waals surface area contributed by atoms with Gasteiger partial charge in [-0.25, -0.2) is 20.8 Å². The fourth-order valence-electron chi connectivity index (χ4n) is 2.17. The Kier molecular flexibility index (Phi) is 5.03. The highest BCUT2D eigenvalue weighted by Crippen LogP contribution is 2.31. The third-order valence-electron chi connectivity index (χ3n) is 3.47. The van der Waals surface area contributed by atoms with Crippen molar-refractivity contribution in [3.05, 3.63) is 77.0 Å². The van der Waals surface area contributed by atoms with Gasteiger partial charge < -0.3 is 0 Å². The molecule has 0 spiro atoms. The molecule has 0 fully saturated rings. The van der Waals surface area contributed by atoms with E-state index in [2.05, 4.69) is 4.72 Å². The van der Waals surface area contributed by atoms with E-state index in [0.29, 0.717) is 0 Å². The van der Waals surface area contributed by atoms with E-state index in [0.717, 1.165) is 16.4 Å². The quantitative estimate of drug-likeness (QED) is 0.666. The molecule has 0 aliphatic rings. The smallest absolute Gasteiger partial charge is 0.267 e. The number of anilines is 1. The number of hydrogen-bond donors (Lipinski definition) is 1. The summed E-state index contributed by atoms with van der Waals surface area (Å²) in [6.45, 7) is 0. The van der Waals surface area contributed by atoms with Gasteiger partial charge in [-0.1, -0.05) is 47.5 Å². The van der Waals surface area contributed by atoms with Gasteiger partial charge in [0, 0.05) is 12.4 Å². The second-order valence-corrected chi connectivity index (χ2v) is 9.51. The van der Waals surface area contributed by atoms with Crippen LogP contribution in [0.2, 0.25) is 10.0 Å². The molecule has 0 saturated carbocycles. The van der Waals surface area contributed by atoms with Gasteiger partial charge in [-0.15, -0.1) is 0 Å². The molecule has 0 amide bonds. The third-order valence-corrected chi connectivity index (χ3v) is 7.28. The molecule has 1 aromatic heterocycles. The number of halogens is 2. The summed E-state index contributed by atoms with van der Waals surface area (Å²) in [5.41, 5.74) is 0.0952. The summed E-state index contributed by atoms with van der Waals surface area (Å²) in [6, 6.07) is 13.4. The Morgan fingerprint density at radius 2 is 1.50 bits per heavy atom. The van der Waals surface area contributed by atoms with E-state index in [1.807, 2.05) is 0 Å². The Labute approximate surface area is 161 Å². The van der Waals surface area contributed by atoms with Crippen molar-refractivity contribution >= 4 is 48.9 Å². The van der Waals surface area contributed by atoms with Crippen LogP contribution in [-0.4, -0.2) is 20.8 Å². The standard InChI is InChI=1S/C16H12Cl2N2O4S2/c17-14-7-4-8-15(16(14)18)19-25(21,22)13-9-10-20(11-13)26(23,24)12-5-2-1-3-6-12/h1-11,19H. The zero-order valence-electron chi connectivity index (χ0n) is 13.0. The van der Waals surface area contributed by atoms with Gasteiger partial charge in [0.05, 0.1) is 20.6 Å². The molecule has 10 heteroatoms. The van der Waals surface area contributed by atoms with Gasteiger partial charge >= 0.3 is 0 Å². The molecule has 0 atom stereocenters. The van der Waals surface area contributed by atoms with Crippen LogP contribution in [0.3, 0.4) is 0 Å². The Morgan fingerprint density at radius 3 is 2.19 bits per heavy atom. The third kappa shape index (κ3) is 3.59. The predicted octanol–water partition coefficient (Wildman–Crippen LogP) is 3.83. The summed E-state index contributed by atoms with van der Waals surface area (Å²) >= 11 is 11.9. The molecule has 6 nitrogen and oxygen atoms in total. The average Bonchev–Trinajstić information content (AvgIpc) is 3.12. The van der Waals surface area contributed by atoms with Crippen LogP contribution in [0, 0.1) is 0 Å². The molecule has 26 heavy (non-hydrogen) atoms. The largest absolute Gasteiger partial charge is 0.278 e. The molecule has 1 N–H and O–H groups in total. The van der Waals surface area contributed by atoms with Crippen molar-refractivity contribution in [3.63, 3.8) is 0 Å². The van der Waals surface area contributed by atoms with Crippen molar-refractivity contribution in [1.29, 1.82) is 0 Å². The first-order chi connectivity index (χ1) is 12.2. The summed E-state index contributed by atoms with van der Waals surface area (Å²) in [4.78, 5) is -0.182. The summed E-state index contributed by atoms with van der Waals surface area (Å²) in [5.74, 6) is 0. The van der Waals surface area contributed by atoms with E-state index in [9.17, 15) is 16.8 Å². The van der Waals surface area contributed by atoms with Crippen LogP contribution in [0.5, 0.6) is 0 Å². The Hall–Kier alpha value is -2.00. The van der Waals surface area contributed by atoms with Crippen molar-refractivity contribution in [3.8, 4) is 0 Å². The van der Waals surface area contributed by atoms with Gasteiger partial charge in [0.15, 0.2) is 0 Å². The maximum atomic E-state index is 12.5. The lowest BCUT2D eigenvalue weighted by molar-refractivity contribution is 0.587. The number of nitrogens with zero attached hydrogens (tertiary/aromatic N) is 1. The first kappa shape index (κ1) is 18.8. The molecule has 3 aromatic rings. The van der Waals surface area contributed by atoms with Crippen molar-refractivity contribution < 1.29 is 16.8 Å². The Morgan fingerprint density at radius 1 is 0.808 bits per heavy atom. The first-order valence-electron chi connectivity index (χ1n) is 7.17. The van der Waals surface area contributed by atoms with Crippen LogP contribution in [0.15, 0.2) is 76.8 Å². The highest BCUT2D eigenvalue weighted by molar-refractivity contribution is 7.93. The van der Waals surface area contributed by atoms with Crippen LogP contribution in [0.4, 0.5) is 5.69 Å². The average molecular weight is 431 g/mol. The molecule has 1 heterocycles. The van der Waals surface area contributed by atoms with Gasteiger partial charge in [0.25, 0.3) is 20.0 Å². The van der Waals surface area contributed by atoms with E-state index in [1.54, 1.807) is 18.2 Å². The molecule has 0 aliphatic carbocycles. The lowest BCUT2D eigenvalue weighted by Gasteiger charge is -2.09. The SMILES string of the molecule is O=S(=O)(Nc1cccc(Cl)c1Cl)c1ccn(S(=O)(=O)c2ccccc2)c1. The Balaban J connectivity index is 1.95. The van der Waals surface area contributed by atoms with Gasteiger partial charge in [0.2, 0.25) is 0 Å². The monoisotopic (exact) mass is 430 g/mol. The number of hydrogen-bond acceptors (Lipinski definition) is 4. The topological polar surface area (TPSA) is 85.2 Å². The fourth-order valence-corrected chi connectivity index (χ4v) is 4.93. The number of benzene rings is 2. The molecule has 0 bridgehead atoms. The molecular formula is C16H12Cl2N2O4S2. The summed E-state index contributed by atoms with van der Waals surface area (Å²) < 4.78 is 53.3. The lowest BCUT2D eigenvalue weighted by atomic mass is 10.3. The van der Waals surface area contributed by atoms with E-state index in [4.69, 9.17) is 23.2 Å². The Bertz CT molecular complexity index is 1160. The number of rotatable bonds is 5. The van der Waals surface area contributed by atoms with E-state index < -0.39 is 20.0 Å². The van der Waals surface area contributed by atoms with Crippen LogP contribution in [0.25, 0.3) is 0 Å². The van der Waals surface area contributed by atoms with Gasteiger partial charge in [-0.2, -0.15) is 0 Å². The van der Waals surface area contributed by atoms with Gasteiger partial charge in [0.1, 0.15) is 4.90 Å². The molecular weight excluding hydrogens is 419 g/mol. The van der Waals surface area contributed by atoms with Crippen molar-refractivity contribution in [2.75, 3.05) is 4.72 Å². The fraction of sp³-hybridized carbons (Fsp3) is 0. The maximum absolute atomic E-state index is 12.5. The van der Waals surface area contributed by atoms with E-state index in [-0.39, 0.29) is 25.5 Å². The van der Waals surface area contributed by atoms with Crippen LogP contribution < -0.4 is 4.72 Å². The summed E-state index contributed by atoms with van der Waals surface area (Å²) in [6.07, 6.45) is 2.18. The van der Waals surface area contributed by atoms with E-state index in [1.165, 1.54) is 36.4 Å². The maximum Gasteiger partial charge on any atom is 0.267 e. The molecule has 0 aliphatic heterocycles. The second-order valence-electron chi connectivity index (χ2n) is 5.20. The highest BCUT2D eigenvalue weighted by Gasteiger charge is 2.22. The van der Waals surface area contributed by atoms with Crippen molar-refractivity contribution in [2.45, 2.75) is 9.79 Å². The minimum Gasteiger partial charge on any atom is -0.278 e. The molecule has 0 saturated heterocycles. The normalized spacial score (nSPS) is 12.1. The second kappa shape index (κ2) is 6.96. The first-order valence-corrected chi connectivity index (χ1v) is 10.9. The molecule has 3 rings (SSSR count). The van der Waals surface area contributed by atoms with Gasteiger partial charge in [-0.05, 0) is 30.3 Å². The minimum absolute atomic E-state index is 0.0467. The zero-order chi connectivity index (χ0) is 18.9. The molecule has 0 unspecified atom stereocenters. The molecule has 136 valence electrons. The number of sulfonamides is 1. The number of nitrogens with one attached hydrogen (secondary N) is 1. The van der Waals surface area contributed by atoms with E-state index >= 15 is 0 Å². The van der Waals surface area contributed by atoms with Crippen molar-refractivity contribution in [1.82, 2.24) is 3.97 Å². The minimum atomic E-state index is -4.05. The van der Waals surface area contributed by atoms with Gasteiger partial charge in [-0.3, -0.25) is 4.72 Å². The van der Waals surface area contributed by atoms with Crippen molar-refractivity contribution in [2.24, 2.45) is 0 Å². The highest BCUT2D eigenvalue weighted by atomic mass is 35.5. The van der Waals surface area contributed by atoms with Crippen LogP contribution >= 0.6 is 23.2 Å². The predicted molar refractivity (Wildman–Crippen MR) is 101 cm³/mol. The summed E-state index contributed by atoms with van der Waals surface area (Å²) in [7, 11) is -7.94. The lowest BCUT2D eigenvalue weighted by Crippen LogP contribution is -2.14. The summed E-state index contributed by atoms with van der Waals surface area (Å²) in [5, 5.41) is 0.241. The van der Waals surface area contributed by atoms with Crippen LogP contribution in [-0.2, 0) is 20.0 Å². The van der Waals surface area contributed by atoms with Crippen LogP contribution in [0.1, 0.15) is 0 Å². The number of aromatic nitrogens is 1.